The van der Waals surface area contributed by atoms with Gasteiger partial charge in [-0.15, -0.1) is 23.1 Å². The number of thiophene rings is 1. The Morgan fingerprint density at radius 3 is 2.52 bits per heavy atom. The van der Waals surface area contributed by atoms with E-state index in [0.29, 0.717) is 10.8 Å². The third kappa shape index (κ3) is 3.83. The molecule has 2 aromatic heterocycles. The zero-order valence-corrected chi connectivity index (χ0v) is 16.3. The molecule has 0 saturated carbocycles. The third-order valence-electron chi connectivity index (χ3n) is 4.07. The van der Waals surface area contributed by atoms with E-state index < -0.39 is 5.97 Å². The molecule has 4 nitrogen and oxygen atoms in total. The van der Waals surface area contributed by atoms with E-state index in [1.807, 2.05) is 36.4 Å². The van der Waals surface area contributed by atoms with Crippen LogP contribution in [0.5, 0.6) is 0 Å². The minimum Gasteiger partial charge on any atom is -0.478 e. The topological polar surface area (TPSA) is 63.1 Å². The van der Waals surface area contributed by atoms with Crippen molar-refractivity contribution in [1.29, 1.82) is 0 Å². The van der Waals surface area contributed by atoms with Gasteiger partial charge >= 0.3 is 5.97 Å². The maximum absolute atomic E-state index is 11.0. The molecule has 0 aliphatic rings. The first-order valence-electron chi connectivity index (χ1n) is 8.05. The van der Waals surface area contributed by atoms with Crippen LogP contribution in [0.2, 0.25) is 5.02 Å². The lowest BCUT2D eigenvalue weighted by Crippen LogP contribution is -1.95. The van der Waals surface area contributed by atoms with Crippen molar-refractivity contribution in [3.8, 4) is 11.1 Å². The molecule has 0 spiro atoms. The number of hydrogen-bond acceptors (Lipinski definition) is 5. The van der Waals surface area contributed by atoms with E-state index in [2.05, 4.69) is 15.3 Å². The van der Waals surface area contributed by atoms with E-state index in [1.54, 1.807) is 41.6 Å². The summed E-state index contributed by atoms with van der Waals surface area (Å²) in [5.74, 6) is -0.223. The zero-order chi connectivity index (χ0) is 18.8. The summed E-state index contributed by atoms with van der Waals surface area (Å²) < 4.78 is 0. The second-order valence-corrected chi connectivity index (χ2v) is 8.06. The number of aromatic carboxylic acids is 1. The van der Waals surface area contributed by atoms with Crippen molar-refractivity contribution in [3.05, 3.63) is 76.4 Å². The van der Waals surface area contributed by atoms with Crippen molar-refractivity contribution < 1.29 is 9.90 Å². The van der Waals surface area contributed by atoms with Crippen molar-refractivity contribution in [1.82, 2.24) is 9.97 Å². The predicted octanol–water partition coefficient (Wildman–Crippen LogP) is 6.00. The predicted molar refractivity (Wildman–Crippen MR) is 111 cm³/mol. The van der Waals surface area contributed by atoms with Crippen LogP contribution in [0.4, 0.5) is 0 Å². The van der Waals surface area contributed by atoms with Gasteiger partial charge in [-0.25, -0.2) is 14.8 Å². The number of rotatable bonds is 5. The van der Waals surface area contributed by atoms with Crippen molar-refractivity contribution in [2.45, 2.75) is 10.8 Å². The van der Waals surface area contributed by atoms with Crippen LogP contribution in [-0.4, -0.2) is 21.0 Å². The van der Waals surface area contributed by atoms with Crippen LogP contribution < -0.4 is 0 Å². The molecular weight excluding hydrogens is 400 g/mol. The smallest absolute Gasteiger partial charge is 0.335 e. The summed E-state index contributed by atoms with van der Waals surface area (Å²) in [5.41, 5.74) is 3.50. The molecular formula is C20H13ClN2O2S2. The fourth-order valence-corrected chi connectivity index (χ4v) is 4.77. The van der Waals surface area contributed by atoms with Crippen LogP contribution in [0.1, 0.15) is 15.9 Å². The van der Waals surface area contributed by atoms with Gasteiger partial charge in [0.15, 0.2) is 0 Å². The lowest BCUT2D eigenvalue weighted by Gasteiger charge is -2.06. The molecule has 2 heterocycles. The Kier molecular flexibility index (Phi) is 5.11. The van der Waals surface area contributed by atoms with Gasteiger partial charge in [-0.1, -0.05) is 35.9 Å². The standard InChI is InChI=1S/C20H13ClN2O2S2/c21-15-7-5-13(6-8-15)16-10-27-19-17(16)18(22-11-23-19)26-9-12-1-3-14(4-2-12)20(24)25/h1-8,10-11H,9H2,(H,24,25). The van der Waals surface area contributed by atoms with Crippen molar-refractivity contribution >= 4 is 50.9 Å². The van der Waals surface area contributed by atoms with Gasteiger partial charge in [0.2, 0.25) is 0 Å². The Labute approximate surface area is 168 Å². The van der Waals surface area contributed by atoms with E-state index in [1.165, 1.54) is 0 Å². The second kappa shape index (κ2) is 7.68. The second-order valence-electron chi connectivity index (χ2n) is 5.81. The molecule has 0 saturated heterocycles. The molecule has 4 rings (SSSR count). The first kappa shape index (κ1) is 18.0. The highest BCUT2D eigenvalue weighted by atomic mass is 35.5. The Morgan fingerprint density at radius 1 is 1.07 bits per heavy atom. The van der Waals surface area contributed by atoms with E-state index >= 15 is 0 Å². The molecule has 0 amide bonds. The molecule has 0 atom stereocenters. The molecule has 0 unspecified atom stereocenters. The van der Waals surface area contributed by atoms with Crippen molar-refractivity contribution in [2.75, 3.05) is 0 Å². The van der Waals surface area contributed by atoms with E-state index in [-0.39, 0.29) is 5.56 Å². The van der Waals surface area contributed by atoms with Gasteiger partial charge < -0.3 is 5.11 Å². The Hall–Kier alpha value is -2.41. The Morgan fingerprint density at radius 2 is 1.81 bits per heavy atom. The molecule has 27 heavy (non-hydrogen) atoms. The molecule has 0 aliphatic heterocycles. The van der Waals surface area contributed by atoms with Crippen LogP contribution >= 0.6 is 34.7 Å². The van der Waals surface area contributed by atoms with Crippen LogP contribution in [-0.2, 0) is 5.75 Å². The van der Waals surface area contributed by atoms with E-state index in [4.69, 9.17) is 16.7 Å². The summed E-state index contributed by atoms with van der Waals surface area (Å²) in [7, 11) is 0. The maximum atomic E-state index is 11.0. The lowest BCUT2D eigenvalue weighted by atomic mass is 10.1. The fourth-order valence-electron chi connectivity index (χ4n) is 2.69. The summed E-state index contributed by atoms with van der Waals surface area (Å²) in [6.07, 6.45) is 1.58. The third-order valence-corrected chi connectivity index (χ3v) is 6.27. The monoisotopic (exact) mass is 412 g/mol. The average Bonchev–Trinajstić information content (AvgIpc) is 3.12. The highest BCUT2D eigenvalue weighted by Gasteiger charge is 2.14. The molecule has 0 radical (unpaired) electrons. The lowest BCUT2D eigenvalue weighted by molar-refractivity contribution is 0.0697. The van der Waals surface area contributed by atoms with E-state index in [0.717, 1.165) is 31.9 Å². The van der Waals surface area contributed by atoms with Crippen LogP contribution in [0.15, 0.2) is 65.3 Å². The molecule has 0 bridgehead atoms. The summed E-state index contributed by atoms with van der Waals surface area (Å²) in [5, 5.41) is 13.7. The first-order valence-corrected chi connectivity index (χ1v) is 10.3. The quantitative estimate of drug-likeness (QED) is 0.321. The van der Waals surface area contributed by atoms with Gasteiger partial charge in [0.25, 0.3) is 0 Å². The molecule has 7 heteroatoms. The highest BCUT2D eigenvalue weighted by Crippen LogP contribution is 2.38. The van der Waals surface area contributed by atoms with Gasteiger partial charge in [-0.05, 0) is 35.4 Å². The normalized spacial score (nSPS) is 11.0. The number of halogens is 1. The Bertz CT molecular complexity index is 1110. The molecule has 4 aromatic rings. The molecule has 1 N–H and O–H groups in total. The summed E-state index contributed by atoms with van der Waals surface area (Å²) in [4.78, 5) is 20.8. The molecule has 0 fully saturated rings. The number of benzene rings is 2. The maximum Gasteiger partial charge on any atom is 0.335 e. The summed E-state index contributed by atoms with van der Waals surface area (Å²) in [6, 6.07) is 14.7. The number of hydrogen-bond donors (Lipinski definition) is 1. The van der Waals surface area contributed by atoms with Crippen LogP contribution in [0.3, 0.4) is 0 Å². The van der Waals surface area contributed by atoms with Gasteiger partial charge in [0.05, 0.1) is 10.9 Å². The Balaban J connectivity index is 1.64. The fraction of sp³-hybridized carbons (Fsp3) is 0.0500. The number of nitrogens with zero attached hydrogens (tertiary/aromatic N) is 2. The number of carboxylic acid groups (broad SMARTS) is 1. The van der Waals surface area contributed by atoms with Crippen molar-refractivity contribution in [3.63, 3.8) is 0 Å². The van der Waals surface area contributed by atoms with Gasteiger partial charge in [0.1, 0.15) is 16.2 Å². The van der Waals surface area contributed by atoms with Crippen molar-refractivity contribution in [2.24, 2.45) is 0 Å². The molecule has 0 aliphatic carbocycles. The average molecular weight is 413 g/mol. The zero-order valence-electron chi connectivity index (χ0n) is 13.9. The number of carboxylic acids is 1. The SMILES string of the molecule is O=C(O)c1ccc(CSc2ncnc3scc(-c4ccc(Cl)cc4)c23)cc1. The first-order chi connectivity index (χ1) is 13.1. The van der Waals surface area contributed by atoms with Gasteiger partial charge in [0, 0.05) is 21.7 Å². The number of aromatic nitrogens is 2. The summed E-state index contributed by atoms with van der Waals surface area (Å²) in [6.45, 7) is 0. The van der Waals surface area contributed by atoms with Crippen LogP contribution in [0.25, 0.3) is 21.3 Å². The number of carbonyl (C=O) groups is 1. The van der Waals surface area contributed by atoms with Gasteiger partial charge in [-0.3, -0.25) is 0 Å². The van der Waals surface area contributed by atoms with E-state index in [9.17, 15) is 4.79 Å². The molecule has 2 aromatic carbocycles. The largest absolute Gasteiger partial charge is 0.478 e. The van der Waals surface area contributed by atoms with Gasteiger partial charge in [-0.2, -0.15) is 0 Å². The number of thioether (sulfide) groups is 1. The minimum atomic E-state index is -0.919. The molecule has 134 valence electrons. The highest BCUT2D eigenvalue weighted by molar-refractivity contribution is 7.98. The minimum absolute atomic E-state index is 0.288. The van der Waals surface area contributed by atoms with Crippen LogP contribution in [0, 0.1) is 0 Å². The number of fused-ring (bicyclic) bond motifs is 1. The summed E-state index contributed by atoms with van der Waals surface area (Å²) >= 11 is 9.22.